The Labute approximate surface area is 154 Å². The van der Waals surface area contributed by atoms with Gasteiger partial charge in [0.2, 0.25) is 0 Å². The fraction of sp³-hybridized carbons (Fsp3) is 0.300. The molecule has 5 heteroatoms. The summed E-state index contributed by atoms with van der Waals surface area (Å²) in [5, 5.41) is 6.83. The van der Waals surface area contributed by atoms with Crippen LogP contribution < -0.4 is 10.6 Å². The Hall–Kier alpha value is -2.40. The molecule has 0 spiro atoms. The second-order valence-corrected chi connectivity index (χ2v) is 6.18. The maximum Gasteiger partial charge on any atom is 0.338 e. The van der Waals surface area contributed by atoms with E-state index < -0.39 is 0 Å². The van der Waals surface area contributed by atoms with Crippen LogP contribution >= 0.6 is 12.2 Å². The van der Waals surface area contributed by atoms with Gasteiger partial charge in [0.05, 0.1) is 12.2 Å². The third-order valence-corrected chi connectivity index (χ3v) is 3.93. The Morgan fingerprint density at radius 3 is 2.64 bits per heavy atom. The Kier molecular flexibility index (Phi) is 7.41. The van der Waals surface area contributed by atoms with Gasteiger partial charge in [-0.05, 0) is 62.7 Å². The summed E-state index contributed by atoms with van der Waals surface area (Å²) < 4.78 is 5.00. The van der Waals surface area contributed by atoms with Crippen LogP contribution in [-0.2, 0) is 11.2 Å². The number of carbonyl (C=O) groups is 1. The van der Waals surface area contributed by atoms with Crippen LogP contribution in [-0.4, -0.2) is 24.2 Å². The third kappa shape index (κ3) is 6.55. The van der Waals surface area contributed by atoms with Gasteiger partial charge in [0.1, 0.15) is 0 Å². The maximum absolute atomic E-state index is 11.8. The molecular formula is C20H24N2O2S. The van der Waals surface area contributed by atoms with E-state index in [1.54, 1.807) is 25.1 Å². The molecule has 0 amide bonds. The number of anilines is 1. The van der Waals surface area contributed by atoms with E-state index in [0.29, 0.717) is 17.3 Å². The highest BCUT2D eigenvalue weighted by Gasteiger charge is 2.07. The molecule has 0 heterocycles. The fourth-order valence-corrected chi connectivity index (χ4v) is 2.58. The highest BCUT2D eigenvalue weighted by atomic mass is 32.1. The molecule has 0 saturated heterocycles. The number of benzene rings is 2. The van der Waals surface area contributed by atoms with Gasteiger partial charge in [0.25, 0.3) is 0 Å². The molecule has 2 aromatic rings. The van der Waals surface area contributed by atoms with Crippen molar-refractivity contribution in [1.82, 2.24) is 5.32 Å². The summed E-state index contributed by atoms with van der Waals surface area (Å²) in [5.41, 5.74) is 3.88. The molecule has 2 aromatic carbocycles. The van der Waals surface area contributed by atoms with Crippen molar-refractivity contribution in [3.63, 3.8) is 0 Å². The van der Waals surface area contributed by atoms with Crippen LogP contribution in [0.2, 0.25) is 0 Å². The lowest BCUT2D eigenvalue weighted by atomic mass is 10.1. The van der Waals surface area contributed by atoms with Gasteiger partial charge in [-0.2, -0.15) is 0 Å². The number of thiocarbonyl (C=S) groups is 1. The van der Waals surface area contributed by atoms with Gasteiger partial charge < -0.3 is 15.4 Å². The van der Waals surface area contributed by atoms with Crippen LogP contribution in [0.25, 0.3) is 0 Å². The van der Waals surface area contributed by atoms with Crippen LogP contribution in [0, 0.1) is 6.92 Å². The topological polar surface area (TPSA) is 50.4 Å². The normalized spacial score (nSPS) is 10.2. The molecule has 0 aliphatic carbocycles. The van der Waals surface area contributed by atoms with Crippen molar-refractivity contribution >= 4 is 29.0 Å². The van der Waals surface area contributed by atoms with Crippen LogP contribution in [0.1, 0.15) is 34.8 Å². The molecule has 2 rings (SSSR count). The minimum atomic E-state index is -0.330. The summed E-state index contributed by atoms with van der Waals surface area (Å²) in [5.74, 6) is -0.330. The van der Waals surface area contributed by atoms with Crippen LogP contribution in [0.4, 0.5) is 5.69 Å². The lowest BCUT2D eigenvalue weighted by molar-refractivity contribution is 0.0526. The first-order valence-corrected chi connectivity index (χ1v) is 8.87. The average Bonchev–Trinajstić information content (AvgIpc) is 2.61. The summed E-state index contributed by atoms with van der Waals surface area (Å²) >= 11 is 5.30. The number of hydrogen-bond donors (Lipinski definition) is 2. The molecule has 0 aliphatic rings. The van der Waals surface area contributed by atoms with E-state index >= 15 is 0 Å². The van der Waals surface area contributed by atoms with Gasteiger partial charge >= 0.3 is 5.97 Å². The number of nitrogens with one attached hydrogen (secondary N) is 2. The molecule has 2 N–H and O–H groups in total. The Bertz CT molecular complexity index is 714. The van der Waals surface area contributed by atoms with E-state index in [1.807, 2.05) is 6.07 Å². The minimum absolute atomic E-state index is 0.330. The molecule has 0 unspecified atom stereocenters. The molecule has 25 heavy (non-hydrogen) atoms. The molecule has 0 fully saturated rings. The van der Waals surface area contributed by atoms with Crippen molar-refractivity contribution in [2.45, 2.75) is 26.7 Å². The number of carbonyl (C=O) groups excluding carboxylic acids is 1. The third-order valence-electron chi connectivity index (χ3n) is 3.68. The van der Waals surface area contributed by atoms with Gasteiger partial charge in [-0.3, -0.25) is 0 Å². The van der Waals surface area contributed by atoms with Crippen molar-refractivity contribution in [3.8, 4) is 0 Å². The first-order valence-electron chi connectivity index (χ1n) is 8.46. The Morgan fingerprint density at radius 2 is 1.92 bits per heavy atom. The predicted molar refractivity (Wildman–Crippen MR) is 106 cm³/mol. The lowest BCUT2D eigenvalue weighted by Gasteiger charge is -2.11. The van der Waals surface area contributed by atoms with Crippen molar-refractivity contribution in [1.29, 1.82) is 0 Å². The van der Waals surface area contributed by atoms with Gasteiger partial charge in [-0.25, -0.2) is 4.79 Å². The molecule has 0 radical (unpaired) electrons. The lowest BCUT2D eigenvalue weighted by Crippen LogP contribution is -2.29. The summed E-state index contributed by atoms with van der Waals surface area (Å²) in [6.07, 6.45) is 2.00. The smallest absolute Gasteiger partial charge is 0.338 e. The summed E-state index contributed by atoms with van der Waals surface area (Å²) in [7, 11) is 0. The zero-order chi connectivity index (χ0) is 18.1. The zero-order valence-electron chi connectivity index (χ0n) is 14.7. The van der Waals surface area contributed by atoms with Crippen molar-refractivity contribution in [3.05, 3.63) is 65.2 Å². The van der Waals surface area contributed by atoms with Crippen molar-refractivity contribution in [2.75, 3.05) is 18.5 Å². The number of esters is 1. The number of hydrogen-bond acceptors (Lipinski definition) is 3. The first-order chi connectivity index (χ1) is 12.1. The molecule has 0 atom stereocenters. The highest BCUT2D eigenvalue weighted by molar-refractivity contribution is 7.80. The van der Waals surface area contributed by atoms with Crippen LogP contribution in [0.15, 0.2) is 48.5 Å². The van der Waals surface area contributed by atoms with Crippen molar-refractivity contribution < 1.29 is 9.53 Å². The SMILES string of the molecule is CCOC(=O)c1cccc(NC(=S)NCCCc2ccc(C)cc2)c1. The standard InChI is InChI=1S/C20H24N2O2S/c1-3-24-19(23)17-7-4-8-18(14-17)22-20(25)21-13-5-6-16-11-9-15(2)10-12-16/h4,7-12,14H,3,5-6,13H2,1-2H3,(H2,21,22,25). The molecule has 132 valence electrons. The van der Waals surface area contributed by atoms with E-state index in [2.05, 4.69) is 41.8 Å². The summed E-state index contributed by atoms with van der Waals surface area (Å²) in [6, 6.07) is 15.7. The number of ether oxygens (including phenoxy) is 1. The minimum Gasteiger partial charge on any atom is -0.462 e. The first kappa shape index (κ1) is 18.9. The van der Waals surface area contributed by atoms with E-state index in [0.717, 1.165) is 25.1 Å². The van der Waals surface area contributed by atoms with E-state index in [1.165, 1.54) is 11.1 Å². The van der Waals surface area contributed by atoms with Gasteiger partial charge in [-0.1, -0.05) is 35.9 Å². The molecule has 0 saturated carbocycles. The van der Waals surface area contributed by atoms with E-state index in [-0.39, 0.29) is 5.97 Å². The maximum atomic E-state index is 11.8. The van der Waals surface area contributed by atoms with Gasteiger partial charge in [-0.15, -0.1) is 0 Å². The second-order valence-electron chi connectivity index (χ2n) is 5.77. The predicted octanol–water partition coefficient (Wildman–Crippen LogP) is 4.09. The Balaban J connectivity index is 1.75. The Morgan fingerprint density at radius 1 is 1.16 bits per heavy atom. The molecule has 0 aliphatic heterocycles. The van der Waals surface area contributed by atoms with E-state index in [9.17, 15) is 4.79 Å². The number of rotatable bonds is 7. The quantitative estimate of drug-likeness (QED) is 0.444. The molecular weight excluding hydrogens is 332 g/mol. The van der Waals surface area contributed by atoms with Crippen LogP contribution in [0.5, 0.6) is 0 Å². The van der Waals surface area contributed by atoms with E-state index in [4.69, 9.17) is 17.0 Å². The highest BCUT2D eigenvalue weighted by Crippen LogP contribution is 2.12. The molecule has 0 aromatic heterocycles. The summed E-state index contributed by atoms with van der Waals surface area (Å²) in [4.78, 5) is 11.8. The van der Waals surface area contributed by atoms with Crippen LogP contribution in [0.3, 0.4) is 0 Å². The number of aryl methyl sites for hydroxylation is 2. The fourth-order valence-electron chi connectivity index (χ4n) is 2.36. The molecule has 4 nitrogen and oxygen atoms in total. The van der Waals surface area contributed by atoms with Crippen molar-refractivity contribution in [2.24, 2.45) is 0 Å². The second kappa shape index (κ2) is 9.79. The summed E-state index contributed by atoms with van der Waals surface area (Å²) in [6.45, 7) is 5.02. The largest absolute Gasteiger partial charge is 0.462 e. The van der Waals surface area contributed by atoms with Gasteiger partial charge in [0, 0.05) is 12.2 Å². The van der Waals surface area contributed by atoms with Gasteiger partial charge in [0.15, 0.2) is 5.11 Å². The average molecular weight is 356 g/mol. The monoisotopic (exact) mass is 356 g/mol. The molecule has 0 bridgehead atoms. The zero-order valence-corrected chi connectivity index (χ0v) is 15.5.